The summed E-state index contributed by atoms with van der Waals surface area (Å²) in [6.45, 7) is 0.684. The smallest absolute Gasteiger partial charge is 0.234 e. The molecular weight excluding hydrogens is 373 g/mol. The topological polar surface area (TPSA) is 46.9 Å². The quantitative estimate of drug-likeness (QED) is 0.473. The van der Waals surface area contributed by atoms with E-state index < -0.39 is 0 Å². The fourth-order valence-corrected chi connectivity index (χ4v) is 3.76. The number of fused-ring (bicyclic) bond motifs is 1. The zero-order valence-electron chi connectivity index (χ0n) is 15.0. The van der Waals surface area contributed by atoms with Gasteiger partial charge in [-0.25, -0.2) is 9.37 Å². The van der Waals surface area contributed by atoms with Gasteiger partial charge in [-0.3, -0.25) is 4.79 Å². The Morgan fingerprint density at radius 1 is 0.964 bits per heavy atom. The fraction of sp³-hybridized carbons (Fsp3) is 0.0909. The van der Waals surface area contributed by atoms with Gasteiger partial charge in [0.1, 0.15) is 5.82 Å². The highest BCUT2D eigenvalue weighted by atomic mass is 32.2. The summed E-state index contributed by atoms with van der Waals surface area (Å²) in [7, 11) is 0. The number of hydrogen-bond acceptors (Lipinski definition) is 3. The number of nitrogens with one attached hydrogen (secondary N) is 1. The minimum Gasteiger partial charge on any atom is -0.325 e. The Morgan fingerprint density at radius 3 is 2.46 bits per heavy atom. The van der Waals surface area contributed by atoms with Crippen LogP contribution in [0.5, 0.6) is 0 Å². The first kappa shape index (κ1) is 18.3. The summed E-state index contributed by atoms with van der Waals surface area (Å²) in [4.78, 5) is 17.0. The van der Waals surface area contributed by atoms with Gasteiger partial charge in [0, 0.05) is 5.69 Å². The number of amides is 1. The number of thioether (sulfide) groups is 1. The van der Waals surface area contributed by atoms with Crippen molar-refractivity contribution >= 4 is 34.4 Å². The van der Waals surface area contributed by atoms with Gasteiger partial charge in [-0.15, -0.1) is 0 Å². The minimum absolute atomic E-state index is 0.157. The Kier molecular flexibility index (Phi) is 5.39. The largest absolute Gasteiger partial charge is 0.325 e. The molecule has 0 aliphatic heterocycles. The number of carbonyl (C=O) groups is 1. The Balaban J connectivity index is 1.52. The van der Waals surface area contributed by atoms with Gasteiger partial charge in [-0.05, 0) is 42.0 Å². The molecule has 0 saturated heterocycles. The normalized spacial score (nSPS) is 10.9. The first-order chi connectivity index (χ1) is 13.7. The van der Waals surface area contributed by atoms with E-state index in [9.17, 15) is 9.18 Å². The second-order valence-corrected chi connectivity index (χ2v) is 7.24. The number of carbonyl (C=O) groups excluding carboxylic acids is 1. The van der Waals surface area contributed by atoms with Crippen molar-refractivity contribution in [3.8, 4) is 0 Å². The van der Waals surface area contributed by atoms with Crippen molar-refractivity contribution in [3.63, 3.8) is 0 Å². The number of rotatable bonds is 6. The van der Waals surface area contributed by atoms with Crippen molar-refractivity contribution in [2.45, 2.75) is 11.7 Å². The molecule has 0 fully saturated rings. The molecule has 28 heavy (non-hydrogen) atoms. The van der Waals surface area contributed by atoms with E-state index in [0.29, 0.717) is 12.2 Å². The molecule has 1 heterocycles. The molecule has 140 valence electrons. The van der Waals surface area contributed by atoms with Crippen LogP contribution in [0.2, 0.25) is 0 Å². The maximum atomic E-state index is 13.0. The average molecular weight is 391 g/mol. The summed E-state index contributed by atoms with van der Waals surface area (Å²) < 4.78 is 15.1. The number of halogens is 1. The van der Waals surface area contributed by atoms with Crippen molar-refractivity contribution in [1.82, 2.24) is 9.55 Å². The number of anilines is 1. The molecule has 1 amide bonds. The van der Waals surface area contributed by atoms with Crippen LogP contribution >= 0.6 is 11.8 Å². The maximum absolute atomic E-state index is 13.0. The van der Waals surface area contributed by atoms with E-state index >= 15 is 0 Å². The van der Waals surface area contributed by atoms with E-state index in [0.717, 1.165) is 16.2 Å². The molecule has 4 nitrogen and oxygen atoms in total. The Bertz CT molecular complexity index is 1090. The van der Waals surface area contributed by atoms with E-state index in [1.807, 2.05) is 42.5 Å². The van der Waals surface area contributed by atoms with Crippen molar-refractivity contribution in [2.24, 2.45) is 0 Å². The molecule has 1 N–H and O–H groups in total. The lowest BCUT2D eigenvalue weighted by Gasteiger charge is -2.09. The number of aromatic nitrogens is 2. The summed E-state index contributed by atoms with van der Waals surface area (Å²) in [6.07, 6.45) is 0. The average Bonchev–Trinajstić information content (AvgIpc) is 3.06. The number of nitrogens with zero attached hydrogens (tertiary/aromatic N) is 2. The van der Waals surface area contributed by atoms with Crippen LogP contribution in [0.25, 0.3) is 11.0 Å². The minimum atomic E-state index is -0.331. The molecule has 0 bridgehead atoms. The Hall–Kier alpha value is -3.12. The molecule has 0 radical (unpaired) electrons. The summed E-state index contributed by atoms with van der Waals surface area (Å²) in [5.41, 5.74) is 3.68. The number of para-hydroxylation sites is 2. The van der Waals surface area contributed by atoms with Crippen molar-refractivity contribution in [3.05, 3.63) is 90.2 Å². The molecule has 1 aromatic heterocycles. The molecule has 0 aliphatic rings. The lowest BCUT2D eigenvalue weighted by molar-refractivity contribution is -0.113. The van der Waals surface area contributed by atoms with Gasteiger partial charge >= 0.3 is 0 Å². The SMILES string of the molecule is O=C(CSc1nc2ccccc2n1Cc1ccccc1)Nc1ccc(F)cc1. The van der Waals surface area contributed by atoms with Crippen molar-refractivity contribution in [2.75, 3.05) is 11.1 Å². The first-order valence-electron chi connectivity index (χ1n) is 8.86. The standard InChI is InChI=1S/C22H18FN3OS/c23-17-10-12-18(13-11-17)24-21(27)15-28-22-25-19-8-4-5-9-20(19)26(22)14-16-6-2-1-3-7-16/h1-13H,14-15H2,(H,24,27). The highest BCUT2D eigenvalue weighted by molar-refractivity contribution is 7.99. The molecule has 0 aliphatic carbocycles. The van der Waals surface area contributed by atoms with E-state index in [2.05, 4.69) is 22.0 Å². The third kappa shape index (κ3) is 4.23. The Labute approximate surface area is 166 Å². The van der Waals surface area contributed by atoms with Crippen LogP contribution in [-0.4, -0.2) is 21.2 Å². The van der Waals surface area contributed by atoms with E-state index in [1.54, 1.807) is 12.1 Å². The van der Waals surface area contributed by atoms with Crippen LogP contribution in [0.4, 0.5) is 10.1 Å². The lowest BCUT2D eigenvalue weighted by Crippen LogP contribution is -2.14. The third-order valence-electron chi connectivity index (χ3n) is 4.26. The molecule has 0 spiro atoms. The second kappa shape index (κ2) is 8.27. The van der Waals surface area contributed by atoms with Crippen LogP contribution in [0.1, 0.15) is 5.56 Å². The highest BCUT2D eigenvalue weighted by Crippen LogP contribution is 2.25. The molecule has 4 rings (SSSR count). The van der Waals surface area contributed by atoms with Crippen molar-refractivity contribution in [1.29, 1.82) is 0 Å². The molecule has 3 aromatic carbocycles. The molecule has 0 saturated carbocycles. The van der Waals surface area contributed by atoms with E-state index in [-0.39, 0.29) is 17.5 Å². The first-order valence-corrected chi connectivity index (χ1v) is 9.85. The number of imidazole rings is 1. The maximum Gasteiger partial charge on any atom is 0.234 e. The molecule has 6 heteroatoms. The molecule has 4 aromatic rings. The van der Waals surface area contributed by atoms with Gasteiger partial charge in [-0.1, -0.05) is 54.2 Å². The molecule has 0 atom stereocenters. The van der Waals surface area contributed by atoms with Gasteiger partial charge in [-0.2, -0.15) is 0 Å². The fourth-order valence-electron chi connectivity index (χ4n) is 2.94. The molecular formula is C22H18FN3OS. The van der Waals surface area contributed by atoms with Gasteiger partial charge in [0.2, 0.25) is 5.91 Å². The Morgan fingerprint density at radius 2 is 1.68 bits per heavy atom. The zero-order valence-corrected chi connectivity index (χ0v) is 15.8. The van der Waals surface area contributed by atoms with Crippen LogP contribution < -0.4 is 5.32 Å². The third-order valence-corrected chi connectivity index (χ3v) is 5.24. The van der Waals surface area contributed by atoms with Gasteiger partial charge in [0.25, 0.3) is 0 Å². The van der Waals surface area contributed by atoms with E-state index in [4.69, 9.17) is 4.98 Å². The van der Waals surface area contributed by atoms with Crippen molar-refractivity contribution < 1.29 is 9.18 Å². The number of benzene rings is 3. The monoisotopic (exact) mass is 391 g/mol. The summed E-state index contributed by atoms with van der Waals surface area (Å²) >= 11 is 1.39. The predicted molar refractivity (Wildman–Crippen MR) is 111 cm³/mol. The van der Waals surface area contributed by atoms with Gasteiger partial charge < -0.3 is 9.88 Å². The van der Waals surface area contributed by atoms with Crippen LogP contribution in [0.3, 0.4) is 0 Å². The second-order valence-electron chi connectivity index (χ2n) is 6.30. The van der Waals surface area contributed by atoms with Crippen LogP contribution in [0, 0.1) is 5.82 Å². The summed E-state index contributed by atoms with van der Waals surface area (Å²) in [5, 5.41) is 3.57. The van der Waals surface area contributed by atoms with E-state index in [1.165, 1.54) is 29.5 Å². The van der Waals surface area contributed by atoms with Gasteiger partial charge in [0.15, 0.2) is 5.16 Å². The van der Waals surface area contributed by atoms with Crippen LogP contribution in [0.15, 0.2) is 84.0 Å². The number of hydrogen-bond donors (Lipinski definition) is 1. The van der Waals surface area contributed by atoms with Gasteiger partial charge in [0.05, 0.1) is 23.3 Å². The highest BCUT2D eigenvalue weighted by Gasteiger charge is 2.13. The predicted octanol–water partition coefficient (Wildman–Crippen LogP) is 4.95. The summed E-state index contributed by atoms with van der Waals surface area (Å²) in [6, 6.07) is 23.8. The van der Waals surface area contributed by atoms with Crippen LogP contribution in [-0.2, 0) is 11.3 Å². The summed E-state index contributed by atoms with van der Waals surface area (Å²) in [5.74, 6) is -0.271. The zero-order chi connectivity index (χ0) is 19.3. The lowest BCUT2D eigenvalue weighted by atomic mass is 10.2. The molecule has 0 unspecified atom stereocenters.